The van der Waals surface area contributed by atoms with Gasteiger partial charge in [-0.05, 0) is 63.7 Å². The lowest BCUT2D eigenvalue weighted by atomic mass is 9.61. The van der Waals surface area contributed by atoms with Gasteiger partial charge in [-0.3, -0.25) is 4.79 Å². The van der Waals surface area contributed by atoms with Crippen LogP contribution in [0.5, 0.6) is 0 Å². The van der Waals surface area contributed by atoms with Crippen LogP contribution in [0.1, 0.15) is 175 Å². The summed E-state index contributed by atoms with van der Waals surface area (Å²) in [7, 11) is 0. The second-order valence-electron chi connectivity index (χ2n) is 11.7. The Morgan fingerprint density at radius 2 is 1.17 bits per heavy atom. The van der Waals surface area contributed by atoms with Crippen molar-refractivity contribution in [1.29, 1.82) is 0 Å². The molecule has 208 valence electrons. The molecule has 0 saturated heterocycles. The first kappa shape index (κ1) is 34.2. The minimum absolute atomic E-state index is 0.0808. The number of unbranched alkanes of at least 4 members (excludes halogenated alkanes) is 14. The van der Waals surface area contributed by atoms with Gasteiger partial charge in [0, 0.05) is 12.0 Å². The molecule has 0 spiro atoms. The molecule has 0 amide bonds. The van der Waals surface area contributed by atoms with Gasteiger partial charge in [0.05, 0.1) is 0 Å². The van der Waals surface area contributed by atoms with Gasteiger partial charge in [0.1, 0.15) is 0 Å². The third kappa shape index (κ3) is 19.0. The number of hydrogen-bond acceptors (Lipinski definition) is 2. The molecule has 1 aliphatic carbocycles. The third-order valence-electron chi connectivity index (χ3n) is 8.29. The Morgan fingerprint density at radius 3 is 1.69 bits per heavy atom. The highest BCUT2D eigenvalue weighted by atomic mass is 16.4. The molecule has 1 fully saturated rings. The number of hydrogen-bond donors (Lipinski definition) is 2. The van der Waals surface area contributed by atoms with Crippen molar-refractivity contribution in [2.45, 2.75) is 181 Å². The van der Waals surface area contributed by atoms with E-state index in [0.717, 1.165) is 12.8 Å². The summed E-state index contributed by atoms with van der Waals surface area (Å²) in [5.74, 6) is -0.664. The Labute approximate surface area is 220 Å². The fraction of sp³-hybridized carbons (Fsp3) is 0.906. The van der Waals surface area contributed by atoms with Crippen LogP contribution in [-0.4, -0.2) is 16.6 Å². The van der Waals surface area contributed by atoms with E-state index in [9.17, 15) is 4.79 Å². The van der Waals surface area contributed by atoms with E-state index < -0.39 is 5.97 Å². The molecule has 3 nitrogen and oxygen atoms in total. The van der Waals surface area contributed by atoms with Gasteiger partial charge < -0.3 is 10.8 Å². The highest BCUT2D eigenvalue weighted by Gasteiger charge is 2.42. The van der Waals surface area contributed by atoms with E-state index in [4.69, 9.17) is 10.8 Å². The molecule has 35 heavy (non-hydrogen) atoms. The van der Waals surface area contributed by atoms with E-state index >= 15 is 0 Å². The molecule has 0 aromatic carbocycles. The zero-order chi connectivity index (χ0) is 26.3. The maximum atomic E-state index is 10.3. The molecule has 2 atom stereocenters. The van der Waals surface area contributed by atoms with Gasteiger partial charge in [0.2, 0.25) is 0 Å². The van der Waals surface area contributed by atoms with Gasteiger partial charge in [-0.25, -0.2) is 0 Å². The zero-order valence-corrected chi connectivity index (χ0v) is 24.4. The Morgan fingerprint density at radius 1 is 0.714 bits per heavy atom. The number of carboxylic acids is 1. The molecule has 0 aromatic rings. The standard InChI is InChI=1S/C18H34O2.C14H29N/c1-2-3-4-5-6-7-8-9-10-11-12-13-14-15-16-17-18(19)20;1-4-5-6-7-10-13(2)11-8-9-12-14(13,3)15/h9-10H,2-8,11-17H2,1H3,(H,19,20);4-12,15H2,1-3H3/b10-9-;. The van der Waals surface area contributed by atoms with Gasteiger partial charge in [-0.1, -0.05) is 123 Å². The fourth-order valence-corrected chi connectivity index (χ4v) is 5.29. The van der Waals surface area contributed by atoms with Gasteiger partial charge in [-0.15, -0.1) is 0 Å². The Balaban J connectivity index is 0.000000686. The predicted molar refractivity (Wildman–Crippen MR) is 155 cm³/mol. The highest BCUT2D eigenvalue weighted by molar-refractivity contribution is 5.66. The molecule has 0 heterocycles. The summed E-state index contributed by atoms with van der Waals surface area (Å²) < 4.78 is 0. The lowest BCUT2D eigenvalue weighted by Crippen LogP contribution is -2.53. The molecule has 2 unspecified atom stereocenters. The first-order chi connectivity index (χ1) is 16.8. The number of rotatable bonds is 20. The van der Waals surface area contributed by atoms with E-state index in [0.29, 0.717) is 11.8 Å². The van der Waals surface area contributed by atoms with Crippen LogP contribution in [0, 0.1) is 5.41 Å². The molecule has 1 rings (SSSR count). The number of carbonyl (C=O) groups is 1. The minimum Gasteiger partial charge on any atom is -0.481 e. The number of carboxylic acid groups (broad SMARTS) is 1. The van der Waals surface area contributed by atoms with Gasteiger partial charge in [-0.2, -0.15) is 0 Å². The number of nitrogens with two attached hydrogens (primary N) is 1. The van der Waals surface area contributed by atoms with Crippen LogP contribution in [0.4, 0.5) is 0 Å². The molecule has 3 N–H and O–H groups in total. The second-order valence-corrected chi connectivity index (χ2v) is 11.7. The average Bonchev–Trinajstić information content (AvgIpc) is 2.82. The van der Waals surface area contributed by atoms with E-state index in [1.165, 1.54) is 128 Å². The van der Waals surface area contributed by atoms with Gasteiger partial charge in [0.15, 0.2) is 0 Å². The van der Waals surface area contributed by atoms with Crippen molar-refractivity contribution in [1.82, 2.24) is 0 Å². The Kier molecular flexibility index (Phi) is 21.8. The van der Waals surface area contributed by atoms with Crippen molar-refractivity contribution in [2.24, 2.45) is 11.1 Å². The predicted octanol–water partition coefficient (Wildman–Crippen LogP) is 10.4. The van der Waals surface area contributed by atoms with Crippen LogP contribution in [0.25, 0.3) is 0 Å². The lowest BCUT2D eigenvalue weighted by molar-refractivity contribution is -0.137. The van der Waals surface area contributed by atoms with Crippen LogP contribution in [0.15, 0.2) is 12.2 Å². The normalized spacial score (nSPS) is 22.2. The number of aliphatic carboxylic acids is 1. The quantitative estimate of drug-likeness (QED) is 0.131. The van der Waals surface area contributed by atoms with E-state index in [1.54, 1.807) is 0 Å². The Hall–Kier alpha value is -0.830. The largest absolute Gasteiger partial charge is 0.481 e. The summed E-state index contributed by atoms with van der Waals surface area (Å²) in [6.45, 7) is 9.22. The first-order valence-corrected chi connectivity index (χ1v) is 15.4. The van der Waals surface area contributed by atoms with Crippen LogP contribution < -0.4 is 5.73 Å². The van der Waals surface area contributed by atoms with Gasteiger partial charge in [0.25, 0.3) is 0 Å². The molecule has 1 aliphatic rings. The van der Waals surface area contributed by atoms with Crippen molar-refractivity contribution >= 4 is 5.97 Å². The molecular weight excluding hydrogens is 430 g/mol. The van der Waals surface area contributed by atoms with Crippen LogP contribution >= 0.6 is 0 Å². The summed E-state index contributed by atoms with van der Waals surface area (Å²) in [5.41, 5.74) is 6.95. The first-order valence-electron chi connectivity index (χ1n) is 15.4. The second kappa shape index (κ2) is 22.4. The van der Waals surface area contributed by atoms with Crippen molar-refractivity contribution in [3.63, 3.8) is 0 Å². The molecule has 3 heteroatoms. The smallest absolute Gasteiger partial charge is 0.303 e. The minimum atomic E-state index is -0.664. The molecule has 1 saturated carbocycles. The molecule has 0 radical (unpaired) electrons. The topological polar surface area (TPSA) is 63.3 Å². The van der Waals surface area contributed by atoms with E-state index in [-0.39, 0.29) is 5.54 Å². The van der Waals surface area contributed by atoms with E-state index in [2.05, 4.69) is 39.8 Å². The van der Waals surface area contributed by atoms with Crippen LogP contribution in [0.2, 0.25) is 0 Å². The maximum Gasteiger partial charge on any atom is 0.303 e. The molecular formula is C32H63NO2. The van der Waals surface area contributed by atoms with Crippen LogP contribution in [-0.2, 0) is 4.79 Å². The van der Waals surface area contributed by atoms with Gasteiger partial charge >= 0.3 is 5.97 Å². The van der Waals surface area contributed by atoms with Crippen molar-refractivity contribution in [2.75, 3.05) is 0 Å². The summed E-state index contributed by atoms with van der Waals surface area (Å²) in [4.78, 5) is 10.3. The molecule has 0 bridgehead atoms. The average molecular weight is 494 g/mol. The van der Waals surface area contributed by atoms with Crippen LogP contribution in [0.3, 0.4) is 0 Å². The lowest BCUT2D eigenvalue weighted by Gasteiger charge is -2.48. The summed E-state index contributed by atoms with van der Waals surface area (Å²) in [5, 5.41) is 8.51. The molecule has 0 aromatic heterocycles. The fourth-order valence-electron chi connectivity index (χ4n) is 5.29. The summed E-state index contributed by atoms with van der Waals surface area (Å²) in [6.07, 6.45) is 33.3. The molecule has 0 aliphatic heterocycles. The Bertz CT molecular complexity index is 514. The van der Waals surface area contributed by atoms with Crippen molar-refractivity contribution < 1.29 is 9.90 Å². The monoisotopic (exact) mass is 493 g/mol. The summed E-state index contributed by atoms with van der Waals surface area (Å²) in [6, 6.07) is 0. The summed E-state index contributed by atoms with van der Waals surface area (Å²) >= 11 is 0. The third-order valence-corrected chi connectivity index (χ3v) is 8.29. The van der Waals surface area contributed by atoms with Crippen molar-refractivity contribution in [3.05, 3.63) is 12.2 Å². The SMILES string of the molecule is CCCCCCC1(C)CCCCC1(C)N.CCCCCCCC/C=C\CCCCCCCC(=O)O. The van der Waals surface area contributed by atoms with E-state index in [1.807, 2.05) is 0 Å². The maximum absolute atomic E-state index is 10.3. The zero-order valence-electron chi connectivity index (χ0n) is 24.4. The number of allylic oxidation sites excluding steroid dienone is 2. The highest BCUT2D eigenvalue weighted by Crippen LogP contribution is 2.45. The van der Waals surface area contributed by atoms with Crippen molar-refractivity contribution in [3.8, 4) is 0 Å².